The third-order valence-corrected chi connectivity index (χ3v) is 5.31. The second kappa shape index (κ2) is 8.97. The lowest BCUT2D eigenvalue weighted by molar-refractivity contribution is 0.0697. The number of imidazole rings is 1. The summed E-state index contributed by atoms with van der Waals surface area (Å²) in [6.07, 6.45) is 4.35. The number of nitrogens with one attached hydrogen (secondary N) is 1. The van der Waals surface area contributed by atoms with E-state index < -0.39 is 5.97 Å². The molecule has 0 atom stereocenters. The van der Waals surface area contributed by atoms with Gasteiger partial charge in [0.1, 0.15) is 5.82 Å². The van der Waals surface area contributed by atoms with Gasteiger partial charge in [0, 0.05) is 29.8 Å². The number of aromatic amines is 1. The smallest absolute Gasteiger partial charge is 0.336 e. The monoisotopic (exact) mass is 416 g/mol. The first-order valence-corrected chi connectivity index (χ1v) is 10.1. The van der Waals surface area contributed by atoms with Crippen LogP contribution in [0.2, 0.25) is 5.02 Å². The summed E-state index contributed by atoms with van der Waals surface area (Å²) in [7, 11) is 0. The number of aromatic carboxylic acids is 1. The number of halogens is 1. The second-order valence-corrected chi connectivity index (χ2v) is 7.64. The lowest BCUT2D eigenvalue weighted by Gasteiger charge is -2.07. The van der Waals surface area contributed by atoms with Gasteiger partial charge in [-0.05, 0) is 46.9 Å². The van der Waals surface area contributed by atoms with Gasteiger partial charge in [0.25, 0.3) is 0 Å². The molecular formula is C25H21ClN2O2. The Labute approximate surface area is 180 Å². The van der Waals surface area contributed by atoms with Gasteiger partial charge in [-0.15, -0.1) is 0 Å². The molecule has 2 N–H and O–H groups in total. The number of rotatable bonds is 7. The molecule has 0 aliphatic carbocycles. The van der Waals surface area contributed by atoms with Crippen molar-refractivity contribution in [1.82, 2.24) is 9.97 Å². The van der Waals surface area contributed by atoms with Crippen LogP contribution in [0.1, 0.15) is 33.0 Å². The third-order valence-electron chi connectivity index (χ3n) is 5.06. The maximum Gasteiger partial charge on any atom is 0.336 e. The van der Waals surface area contributed by atoms with Gasteiger partial charge in [0.15, 0.2) is 0 Å². The minimum atomic E-state index is -0.915. The molecule has 4 aromatic rings. The molecule has 0 spiro atoms. The number of aryl methyl sites for hydroxylation is 2. The van der Waals surface area contributed by atoms with Gasteiger partial charge in [-0.2, -0.15) is 0 Å². The van der Waals surface area contributed by atoms with Crippen molar-refractivity contribution in [2.24, 2.45) is 0 Å². The molecule has 0 saturated heterocycles. The van der Waals surface area contributed by atoms with Gasteiger partial charge >= 0.3 is 5.97 Å². The number of nitrogens with zero attached hydrogens (tertiary/aromatic N) is 1. The molecule has 3 aromatic carbocycles. The molecule has 0 bridgehead atoms. The van der Waals surface area contributed by atoms with Crippen molar-refractivity contribution >= 4 is 17.6 Å². The summed E-state index contributed by atoms with van der Waals surface area (Å²) >= 11 is 5.94. The van der Waals surface area contributed by atoms with E-state index in [9.17, 15) is 9.90 Å². The van der Waals surface area contributed by atoms with E-state index in [4.69, 9.17) is 11.6 Å². The number of aromatic nitrogens is 2. The zero-order valence-corrected chi connectivity index (χ0v) is 17.1. The van der Waals surface area contributed by atoms with Crippen LogP contribution in [0.25, 0.3) is 11.1 Å². The van der Waals surface area contributed by atoms with Crippen molar-refractivity contribution in [3.8, 4) is 11.1 Å². The summed E-state index contributed by atoms with van der Waals surface area (Å²) in [5.74, 6) is 0.0427. The van der Waals surface area contributed by atoms with E-state index in [1.54, 1.807) is 12.1 Å². The zero-order chi connectivity index (χ0) is 20.9. The molecule has 1 heterocycles. The molecule has 4 nitrogen and oxygen atoms in total. The molecular weight excluding hydrogens is 396 g/mol. The van der Waals surface area contributed by atoms with E-state index in [1.807, 2.05) is 66.9 Å². The van der Waals surface area contributed by atoms with E-state index >= 15 is 0 Å². The number of hydrogen-bond donors (Lipinski definition) is 2. The number of carboxylic acids is 1. The molecule has 1 aromatic heterocycles. The van der Waals surface area contributed by atoms with Crippen LogP contribution in [0.5, 0.6) is 0 Å². The number of carboxylic acid groups (broad SMARTS) is 1. The second-order valence-electron chi connectivity index (χ2n) is 7.21. The fourth-order valence-electron chi connectivity index (χ4n) is 3.48. The molecule has 0 saturated carbocycles. The van der Waals surface area contributed by atoms with E-state index in [2.05, 4.69) is 9.97 Å². The Morgan fingerprint density at radius 2 is 1.60 bits per heavy atom. The Hall–Kier alpha value is -3.37. The maximum atomic E-state index is 11.4. The highest BCUT2D eigenvalue weighted by Gasteiger charge is 2.10. The van der Waals surface area contributed by atoms with E-state index in [0.29, 0.717) is 5.56 Å². The molecule has 0 fully saturated rings. The fraction of sp³-hybridized carbons (Fsp3) is 0.120. The topological polar surface area (TPSA) is 66.0 Å². The minimum Gasteiger partial charge on any atom is -0.478 e. The lowest BCUT2D eigenvalue weighted by atomic mass is 9.98. The average Bonchev–Trinajstić information content (AvgIpc) is 3.21. The van der Waals surface area contributed by atoms with Crippen molar-refractivity contribution < 1.29 is 9.90 Å². The van der Waals surface area contributed by atoms with Gasteiger partial charge in [0.2, 0.25) is 0 Å². The molecule has 150 valence electrons. The van der Waals surface area contributed by atoms with Gasteiger partial charge in [-0.25, -0.2) is 9.78 Å². The first kappa shape index (κ1) is 19.9. The third kappa shape index (κ3) is 4.78. The van der Waals surface area contributed by atoms with Gasteiger partial charge < -0.3 is 10.1 Å². The Balaban J connectivity index is 1.39. The molecule has 0 radical (unpaired) electrons. The molecule has 0 amide bonds. The predicted octanol–water partition coefficient (Wildman–Crippen LogP) is 5.80. The highest BCUT2D eigenvalue weighted by Crippen LogP contribution is 2.24. The predicted molar refractivity (Wildman–Crippen MR) is 119 cm³/mol. The average molecular weight is 417 g/mol. The largest absolute Gasteiger partial charge is 0.478 e. The normalized spacial score (nSPS) is 10.8. The fourth-order valence-corrected chi connectivity index (χ4v) is 3.61. The summed E-state index contributed by atoms with van der Waals surface area (Å²) in [4.78, 5) is 19.3. The first-order valence-electron chi connectivity index (χ1n) is 9.77. The Kier molecular flexibility index (Phi) is 5.96. The number of H-pyrrole nitrogens is 1. The highest BCUT2D eigenvalue weighted by molar-refractivity contribution is 6.30. The highest BCUT2D eigenvalue weighted by atomic mass is 35.5. The van der Waals surface area contributed by atoms with E-state index in [1.165, 1.54) is 11.1 Å². The van der Waals surface area contributed by atoms with Crippen LogP contribution in [0.3, 0.4) is 0 Å². The quantitative estimate of drug-likeness (QED) is 0.400. The molecule has 4 rings (SSSR count). The summed E-state index contributed by atoms with van der Waals surface area (Å²) < 4.78 is 0. The van der Waals surface area contributed by atoms with Crippen LogP contribution in [0, 0.1) is 0 Å². The Bertz CT molecular complexity index is 1150. The maximum absolute atomic E-state index is 11.4. The summed E-state index contributed by atoms with van der Waals surface area (Å²) in [6.45, 7) is 0. The molecule has 5 heteroatoms. The van der Waals surface area contributed by atoms with Crippen molar-refractivity contribution in [2.75, 3.05) is 0 Å². The van der Waals surface area contributed by atoms with Crippen molar-refractivity contribution in [1.29, 1.82) is 0 Å². The molecule has 0 unspecified atom stereocenters. The SMILES string of the molecule is O=C(O)c1ccccc1-c1ccc(CCc2ncc(Cc3ccc(Cl)cc3)[nH]2)cc1. The van der Waals surface area contributed by atoms with E-state index in [0.717, 1.165) is 46.9 Å². The molecule has 30 heavy (non-hydrogen) atoms. The minimum absolute atomic E-state index is 0.314. The van der Waals surface area contributed by atoms with Crippen LogP contribution < -0.4 is 0 Å². The van der Waals surface area contributed by atoms with E-state index in [-0.39, 0.29) is 0 Å². The van der Waals surface area contributed by atoms with Crippen molar-refractivity contribution in [2.45, 2.75) is 19.3 Å². The van der Waals surface area contributed by atoms with Crippen LogP contribution in [-0.4, -0.2) is 21.0 Å². The number of hydrogen-bond acceptors (Lipinski definition) is 2. The van der Waals surface area contributed by atoms with Crippen LogP contribution in [-0.2, 0) is 19.3 Å². The number of carbonyl (C=O) groups is 1. The summed E-state index contributed by atoms with van der Waals surface area (Å²) in [5, 5.41) is 10.1. The van der Waals surface area contributed by atoms with Gasteiger partial charge in [0.05, 0.1) is 5.56 Å². The molecule has 0 aliphatic rings. The lowest BCUT2D eigenvalue weighted by Crippen LogP contribution is -1.99. The first-order chi connectivity index (χ1) is 14.6. The van der Waals surface area contributed by atoms with Crippen LogP contribution in [0.4, 0.5) is 0 Å². The van der Waals surface area contributed by atoms with Gasteiger partial charge in [-0.3, -0.25) is 0 Å². The standard InChI is InChI=1S/C25H21ClN2O2/c26-20-12-7-18(8-13-20)15-21-16-27-24(28-21)14-9-17-5-10-19(11-6-17)22-3-1-2-4-23(22)25(29)30/h1-8,10-13,16H,9,14-15H2,(H,27,28)(H,29,30). The van der Waals surface area contributed by atoms with Crippen molar-refractivity contribution in [3.05, 3.63) is 112 Å². The zero-order valence-electron chi connectivity index (χ0n) is 16.3. The summed E-state index contributed by atoms with van der Waals surface area (Å²) in [5.41, 5.74) is 5.39. The van der Waals surface area contributed by atoms with Gasteiger partial charge in [-0.1, -0.05) is 66.2 Å². The van der Waals surface area contributed by atoms with Crippen molar-refractivity contribution in [3.63, 3.8) is 0 Å². The Morgan fingerprint density at radius 3 is 2.33 bits per heavy atom. The molecule has 0 aliphatic heterocycles. The van der Waals surface area contributed by atoms with Crippen LogP contribution >= 0.6 is 11.6 Å². The summed E-state index contributed by atoms with van der Waals surface area (Å²) in [6, 6.07) is 22.9. The van der Waals surface area contributed by atoms with Crippen LogP contribution in [0.15, 0.2) is 79.0 Å². The Morgan fingerprint density at radius 1 is 0.900 bits per heavy atom. The number of benzene rings is 3.